The molecule has 3 nitrogen and oxygen atoms in total. The molecule has 0 amide bonds. The predicted octanol–water partition coefficient (Wildman–Crippen LogP) is 3.00. The number of hydrogen-bond acceptors (Lipinski definition) is 2. The van der Waals surface area contributed by atoms with Gasteiger partial charge < -0.3 is 5.32 Å². The summed E-state index contributed by atoms with van der Waals surface area (Å²) in [5.74, 6) is 0. The van der Waals surface area contributed by atoms with Crippen molar-refractivity contribution in [2.75, 3.05) is 11.9 Å². The van der Waals surface area contributed by atoms with Crippen LogP contribution < -0.4 is 5.32 Å². The quantitative estimate of drug-likeness (QED) is 0.849. The van der Waals surface area contributed by atoms with Crippen molar-refractivity contribution in [2.24, 2.45) is 0 Å². The Balaban J connectivity index is 2.20. The van der Waals surface area contributed by atoms with Gasteiger partial charge in [-0.05, 0) is 31.5 Å². The topological polar surface area (TPSA) is 29.9 Å². The highest BCUT2D eigenvalue weighted by atomic mass is 15.3. The van der Waals surface area contributed by atoms with Crippen LogP contribution in [-0.4, -0.2) is 16.3 Å². The molecule has 16 heavy (non-hydrogen) atoms. The zero-order chi connectivity index (χ0) is 11.4. The molecule has 0 radical (unpaired) electrons. The number of hydrogen-bond donors (Lipinski definition) is 1. The summed E-state index contributed by atoms with van der Waals surface area (Å²) in [5.41, 5.74) is 3.54. The highest BCUT2D eigenvalue weighted by Gasteiger charge is 2.00. The van der Waals surface area contributed by atoms with E-state index >= 15 is 0 Å². The lowest BCUT2D eigenvalue weighted by Crippen LogP contribution is -1.95. The van der Waals surface area contributed by atoms with E-state index in [0.717, 1.165) is 18.8 Å². The fraction of sp³-hybridized carbons (Fsp3) is 0.308. The average Bonchev–Trinajstić information content (AvgIpc) is 2.79. The molecule has 1 N–H and O–H groups in total. The van der Waals surface area contributed by atoms with Gasteiger partial charge in [0.1, 0.15) is 0 Å². The molecule has 84 valence electrons. The number of nitrogens with one attached hydrogen (secondary N) is 1. The van der Waals surface area contributed by atoms with Gasteiger partial charge in [-0.15, -0.1) is 0 Å². The second-order valence-corrected chi connectivity index (χ2v) is 3.69. The van der Waals surface area contributed by atoms with E-state index < -0.39 is 0 Å². The Hall–Kier alpha value is -1.77. The molecule has 0 saturated carbocycles. The summed E-state index contributed by atoms with van der Waals surface area (Å²) in [5, 5.41) is 7.55. The molecule has 0 bridgehead atoms. The van der Waals surface area contributed by atoms with Crippen molar-refractivity contribution in [1.29, 1.82) is 0 Å². The number of rotatable bonds is 4. The Bertz CT molecular complexity index is 442. The molecule has 0 unspecified atom stereocenters. The fourth-order valence-electron chi connectivity index (χ4n) is 1.67. The molecule has 0 aliphatic heterocycles. The van der Waals surface area contributed by atoms with E-state index in [4.69, 9.17) is 0 Å². The summed E-state index contributed by atoms with van der Waals surface area (Å²) in [6.07, 6.45) is 3.98. The Morgan fingerprint density at radius 2 is 1.88 bits per heavy atom. The van der Waals surface area contributed by atoms with Gasteiger partial charge in [0.25, 0.3) is 0 Å². The van der Waals surface area contributed by atoms with E-state index in [-0.39, 0.29) is 0 Å². The molecule has 0 spiro atoms. The van der Waals surface area contributed by atoms with Crippen molar-refractivity contribution in [1.82, 2.24) is 9.78 Å². The number of benzene rings is 1. The molecule has 1 heterocycles. The molecule has 0 atom stereocenters. The predicted molar refractivity (Wildman–Crippen MR) is 67.5 cm³/mol. The van der Waals surface area contributed by atoms with Gasteiger partial charge in [0.2, 0.25) is 0 Å². The number of nitrogens with zero attached hydrogens (tertiary/aromatic N) is 2. The molecule has 2 aromatic rings. The Labute approximate surface area is 96.1 Å². The maximum atomic E-state index is 4.27. The molecule has 1 aromatic heterocycles. The third-order valence-corrected chi connectivity index (χ3v) is 2.56. The van der Waals surface area contributed by atoms with Gasteiger partial charge in [-0.2, -0.15) is 5.10 Å². The molecule has 2 rings (SSSR count). The van der Waals surface area contributed by atoms with E-state index in [1.165, 1.54) is 11.1 Å². The van der Waals surface area contributed by atoms with Crippen molar-refractivity contribution in [3.8, 4) is 11.1 Å². The third kappa shape index (κ3) is 2.24. The summed E-state index contributed by atoms with van der Waals surface area (Å²) in [4.78, 5) is 0. The Morgan fingerprint density at radius 3 is 2.44 bits per heavy atom. The van der Waals surface area contributed by atoms with E-state index in [1.807, 2.05) is 10.9 Å². The van der Waals surface area contributed by atoms with Crippen LogP contribution in [0.4, 0.5) is 5.69 Å². The largest absolute Gasteiger partial charge is 0.385 e. The molecule has 3 heteroatoms. The Morgan fingerprint density at radius 1 is 1.12 bits per heavy atom. The summed E-state index contributed by atoms with van der Waals surface area (Å²) in [6.45, 7) is 6.05. The van der Waals surface area contributed by atoms with Crippen LogP contribution in [0, 0.1) is 0 Å². The van der Waals surface area contributed by atoms with Crippen molar-refractivity contribution in [2.45, 2.75) is 20.4 Å². The highest BCUT2D eigenvalue weighted by molar-refractivity contribution is 5.64. The molecule has 0 aliphatic carbocycles. The lowest BCUT2D eigenvalue weighted by molar-refractivity contribution is 0.660. The second kappa shape index (κ2) is 4.84. The summed E-state index contributed by atoms with van der Waals surface area (Å²) in [7, 11) is 0. The van der Waals surface area contributed by atoms with Crippen LogP contribution >= 0.6 is 0 Å². The summed E-state index contributed by atoms with van der Waals surface area (Å²) >= 11 is 0. The van der Waals surface area contributed by atoms with Gasteiger partial charge in [0, 0.05) is 30.5 Å². The minimum Gasteiger partial charge on any atom is -0.385 e. The van der Waals surface area contributed by atoms with E-state index in [0.29, 0.717) is 0 Å². The maximum Gasteiger partial charge on any atom is 0.0568 e. The lowest BCUT2D eigenvalue weighted by atomic mass is 10.1. The monoisotopic (exact) mass is 215 g/mol. The van der Waals surface area contributed by atoms with Crippen molar-refractivity contribution < 1.29 is 0 Å². The minimum atomic E-state index is 0.912. The number of aryl methyl sites for hydroxylation is 1. The minimum absolute atomic E-state index is 0.912. The second-order valence-electron chi connectivity index (χ2n) is 3.69. The molecule has 0 fully saturated rings. The highest BCUT2D eigenvalue weighted by Crippen LogP contribution is 2.20. The van der Waals surface area contributed by atoms with Gasteiger partial charge >= 0.3 is 0 Å². The third-order valence-electron chi connectivity index (χ3n) is 2.56. The molecule has 1 aromatic carbocycles. The van der Waals surface area contributed by atoms with Crippen LogP contribution in [0.15, 0.2) is 36.7 Å². The van der Waals surface area contributed by atoms with Crippen molar-refractivity contribution >= 4 is 5.69 Å². The van der Waals surface area contributed by atoms with Gasteiger partial charge in [-0.3, -0.25) is 4.68 Å². The van der Waals surface area contributed by atoms with Gasteiger partial charge in [0.05, 0.1) is 6.20 Å². The van der Waals surface area contributed by atoms with E-state index in [2.05, 4.69) is 54.7 Å². The normalized spacial score (nSPS) is 10.4. The first-order valence-corrected chi connectivity index (χ1v) is 5.70. The first kappa shape index (κ1) is 10.7. The summed E-state index contributed by atoms with van der Waals surface area (Å²) in [6, 6.07) is 8.44. The summed E-state index contributed by atoms with van der Waals surface area (Å²) < 4.78 is 1.94. The van der Waals surface area contributed by atoms with Crippen LogP contribution in [0.25, 0.3) is 11.1 Å². The van der Waals surface area contributed by atoms with Gasteiger partial charge in [-0.25, -0.2) is 0 Å². The standard InChI is InChI=1S/C13H17N3/c1-3-14-13-7-5-11(6-8-13)12-9-15-16(4-2)10-12/h5-10,14H,3-4H2,1-2H3. The van der Waals surface area contributed by atoms with E-state index in [9.17, 15) is 0 Å². The van der Waals surface area contributed by atoms with Gasteiger partial charge in [0.15, 0.2) is 0 Å². The molecule has 0 saturated heterocycles. The molecular formula is C13H17N3. The Kier molecular flexibility index (Phi) is 3.25. The zero-order valence-corrected chi connectivity index (χ0v) is 9.77. The molecular weight excluding hydrogens is 198 g/mol. The number of aromatic nitrogens is 2. The fourth-order valence-corrected chi connectivity index (χ4v) is 1.67. The van der Waals surface area contributed by atoms with E-state index in [1.54, 1.807) is 0 Å². The SMILES string of the molecule is CCNc1ccc(-c2cnn(CC)c2)cc1. The number of anilines is 1. The van der Waals surface area contributed by atoms with Crippen LogP contribution in [0.5, 0.6) is 0 Å². The van der Waals surface area contributed by atoms with Crippen LogP contribution in [0.1, 0.15) is 13.8 Å². The van der Waals surface area contributed by atoms with Crippen molar-refractivity contribution in [3.05, 3.63) is 36.7 Å². The zero-order valence-electron chi connectivity index (χ0n) is 9.77. The van der Waals surface area contributed by atoms with Crippen LogP contribution in [0.3, 0.4) is 0 Å². The smallest absolute Gasteiger partial charge is 0.0568 e. The van der Waals surface area contributed by atoms with Crippen LogP contribution in [0.2, 0.25) is 0 Å². The van der Waals surface area contributed by atoms with Gasteiger partial charge in [-0.1, -0.05) is 12.1 Å². The van der Waals surface area contributed by atoms with Crippen molar-refractivity contribution in [3.63, 3.8) is 0 Å². The first-order chi connectivity index (χ1) is 7.83. The lowest BCUT2D eigenvalue weighted by Gasteiger charge is -2.03. The maximum absolute atomic E-state index is 4.27. The molecule has 0 aliphatic rings. The first-order valence-electron chi connectivity index (χ1n) is 5.70. The average molecular weight is 215 g/mol. The van der Waals surface area contributed by atoms with Crippen LogP contribution in [-0.2, 0) is 6.54 Å².